The normalized spacial score (nSPS) is 29.2. The third-order valence-corrected chi connectivity index (χ3v) is 7.20. The molecule has 0 aliphatic heterocycles. The van der Waals surface area contributed by atoms with E-state index in [1.54, 1.807) is 0 Å². The van der Waals surface area contributed by atoms with Crippen molar-refractivity contribution < 1.29 is 4.79 Å². The molecule has 3 rings (SSSR count). The molecule has 0 heterocycles. The quantitative estimate of drug-likeness (QED) is 0.376. The topological polar surface area (TPSA) is 17.1 Å². The van der Waals surface area contributed by atoms with E-state index in [0.717, 1.165) is 11.5 Å². The van der Waals surface area contributed by atoms with Crippen LogP contribution in [0.5, 0.6) is 0 Å². The second kappa shape index (κ2) is 8.52. The van der Waals surface area contributed by atoms with E-state index in [9.17, 15) is 4.79 Å². The van der Waals surface area contributed by atoms with Gasteiger partial charge in [0.25, 0.3) is 0 Å². The van der Waals surface area contributed by atoms with Crippen molar-refractivity contribution in [3.05, 3.63) is 35.4 Å². The summed E-state index contributed by atoms with van der Waals surface area (Å²) >= 11 is 0. The zero-order chi connectivity index (χ0) is 17.7. The Hall–Kier alpha value is -1.11. The van der Waals surface area contributed by atoms with Crippen molar-refractivity contribution in [3.63, 3.8) is 0 Å². The Labute approximate surface area is 154 Å². The highest BCUT2D eigenvalue weighted by Gasteiger charge is 2.48. The Morgan fingerprint density at radius 1 is 1.00 bits per heavy atom. The minimum Gasteiger partial charge on any atom is -0.294 e. The lowest BCUT2D eigenvalue weighted by Gasteiger charge is -2.53. The largest absolute Gasteiger partial charge is 0.294 e. The predicted molar refractivity (Wildman–Crippen MR) is 106 cm³/mol. The van der Waals surface area contributed by atoms with Crippen molar-refractivity contribution >= 4 is 5.78 Å². The summed E-state index contributed by atoms with van der Waals surface area (Å²) in [6.07, 6.45) is 16.1. The van der Waals surface area contributed by atoms with Gasteiger partial charge in [-0.2, -0.15) is 0 Å². The zero-order valence-corrected chi connectivity index (χ0v) is 16.4. The van der Waals surface area contributed by atoms with Crippen molar-refractivity contribution in [1.82, 2.24) is 0 Å². The molecule has 0 spiro atoms. The molecule has 2 fully saturated rings. The molecule has 138 valence electrons. The molecule has 0 amide bonds. The van der Waals surface area contributed by atoms with Crippen LogP contribution in [0.3, 0.4) is 0 Å². The van der Waals surface area contributed by atoms with E-state index in [0.29, 0.717) is 17.8 Å². The summed E-state index contributed by atoms with van der Waals surface area (Å²) < 4.78 is 0. The SMILES string of the molecule is CCCCC[C@]12CCCC[C@@H]1CCCC2c1ccc(C(=O)CC)cc1. The highest BCUT2D eigenvalue weighted by Crippen LogP contribution is 2.59. The summed E-state index contributed by atoms with van der Waals surface area (Å²) in [5.41, 5.74) is 2.94. The van der Waals surface area contributed by atoms with Crippen molar-refractivity contribution in [2.24, 2.45) is 11.3 Å². The van der Waals surface area contributed by atoms with Crippen LogP contribution in [-0.4, -0.2) is 5.78 Å². The Bertz CT molecular complexity index is 556. The first-order valence-electron chi connectivity index (χ1n) is 10.8. The first-order valence-corrected chi connectivity index (χ1v) is 10.8. The van der Waals surface area contributed by atoms with Crippen molar-refractivity contribution in [1.29, 1.82) is 0 Å². The fraction of sp³-hybridized carbons (Fsp3) is 0.708. The number of benzene rings is 1. The van der Waals surface area contributed by atoms with Crippen molar-refractivity contribution in [2.45, 2.75) is 96.8 Å². The van der Waals surface area contributed by atoms with E-state index >= 15 is 0 Å². The molecule has 3 atom stereocenters. The molecule has 1 aromatic rings. The minimum atomic E-state index is 0.267. The van der Waals surface area contributed by atoms with E-state index in [1.807, 2.05) is 6.92 Å². The Kier molecular flexibility index (Phi) is 6.36. The molecular formula is C24H36O. The molecule has 0 N–H and O–H groups in total. The van der Waals surface area contributed by atoms with Gasteiger partial charge < -0.3 is 0 Å². The van der Waals surface area contributed by atoms with E-state index < -0.39 is 0 Å². The van der Waals surface area contributed by atoms with Gasteiger partial charge in [0.05, 0.1) is 0 Å². The fourth-order valence-corrected chi connectivity index (χ4v) is 5.89. The molecule has 2 aliphatic rings. The number of hydrogen-bond acceptors (Lipinski definition) is 1. The van der Waals surface area contributed by atoms with Crippen LogP contribution in [0.25, 0.3) is 0 Å². The van der Waals surface area contributed by atoms with Gasteiger partial charge in [0.15, 0.2) is 5.78 Å². The van der Waals surface area contributed by atoms with Crippen LogP contribution in [0.15, 0.2) is 24.3 Å². The maximum absolute atomic E-state index is 12.0. The number of carbonyl (C=O) groups excluding carboxylic acids is 1. The van der Waals surface area contributed by atoms with Crippen LogP contribution >= 0.6 is 0 Å². The second-order valence-corrected chi connectivity index (χ2v) is 8.52. The number of carbonyl (C=O) groups is 1. The Morgan fingerprint density at radius 2 is 1.76 bits per heavy atom. The fourth-order valence-electron chi connectivity index (χ4n) is 5.89. The van der Waals surface area contributed by atoms with Crippen LogP contribution in [0.1, 0.15) is 113 Å². The summed E-state index contributed by atoms with van der Waals surface area (Å²) in [5, 5.41) is 0. The molecule has 1 aromatic carbocycles. The molecule has 0 bridgehead atoms. The van der Waals surface area contributed by atoms with Crippen LogP contribution in [0, 0.1) is 11.3 Å². The zero-order valence-electron chi connectivity index (χ0n) is 16.4. The van der Waals surface area contributed by atoms with E-state index in [-0.39, 0.29) is 5.78 Å². The highest BCUT2D eigenvalue weighted by molar-refractivity contribution is 5.95. The van der Waals surface area contributed by atoms with E-state index in [1.165, 1.54) is 76.2 Å². The Morgan fingerprint density at radius 3 is 2.48 bits per heavy atom. The molecule has 0 saturated heterocycles. The molecule has 0 aromatic heterocycles. The van der Waals surface area contributed by atoms with Gasteiger partial charge in [-0.05, 0) is 54.9 Å². The third-order valence-electron chi connectivity index (χ3n) is 7.20. The molecule has 1 heteroatoms. The first kappa shape index (κ1) is 18.7. The standard InChI is InChI=1S/C24H36O/c1-3-5-7-17-24-18-8-6-10-21(24)11-9-12-22(24)19-13-15-20(16-14-19)23(25)4-2/h13-16,21-22H,3-12,17-18H2,1-2H3/t21-,22?,24+/m1/s1. The van der Waals surface area contributed by atoms with Gasteiger partial charge in [-0.15, -0.1) is 0 Å². The van der Waals surface area contributed by atoms with Gasteiger partial charge in [-0.1, -0.05) is 76.6 Å². The van der Waals surface area contributed by atoms with Crippen LogP contribution in [-0.2, 0) is 0 Å². The lowest BCUT2D eigenvalue weighted by Crippen LogP contribution is -2.42. The van der Waals surface area contributed by atoms with Gasteiger partial charge in [-0.25, -0.2) is 0 Å². The molecular weight excluding hydrogens is 304 g/mol. The van der Waals surface area contributed by atoms with Crippen LogP contribution < -0.4 is 0 Å². The van der Waals surface area contributed by atoms with Crippen molar-refractivity contribution in [3.8, 4) is 0 Å². The number of ketones is 1. The van der Waals surface area contributed by atoms with Gasteiger partial charge in [0.1, 0.15) is 0 Å². The summed E-state index contributed by atoms with van der Waals surface area (Å²) in [4.78, 5) is 12.0. The smallest absolute Gasteiger partial charge is 0.162 e. The molecule has 0 radical (unpaired) electrons. The maximum Gasteiger partial charge on any atom is 0.162 e. The second-order valence-electron chi connectivity index (χ2n) is 8.52. The number of unbranched alkanes of at least 4 members (excludes halogenated alkanes) is 2. The van der Waals surface area contributed by atoms with Gasteiger partial charge in [0.2, 0.25) is 0 Å². The lowest BCUT2D eigenvalue weighted by molar-refractivity contribution is 0.00976. The van der Waals surface area contributed by atoms with E-state index in [2.05, 4.69) is 31.2 Å². The average molecular weight is 341 g/mol. The summed E-state index contributed by atoms with van der Waals surface area (Å²) in [7, 11) is 0. The monoisotopic (exact) mass is 340 g/mol. The number of Topliss-reactive ketones (excluding diaryl/α,β-unsaturated/α-hetero) is 1. The van der Waals surface area contributed by atoms with Crippen LogP contribution in [0.4, 0.5) is 0 Å². The number of fused-ring (bicyclic) bond motifs is 1. The number of hydrogen-bond donors (Lipinski definition) is 0. The molecule has 2 saturated carbocycles. The summed E-state index contributed by atoms with van der Waals surface area (Å²) in [6.45, 7) is 4.27. The number of rotatable bonds is 7. The highest BCUT2D eigenvalue weighted by atomic mass is 16.1. The molecule has 2 aliphatic carbocycles. The summed E-state index contributed by atoms with van der Waals surface area (Å²) in [5.74, 6) is 1.92. The predicted octanol–water partition coefficient (Wildman–Crippen LogP) is 7.30. The summed E-state index contributed by atoms with van der Waals surface area (Å²) in [6, 6.07) is 8.75. The third kappa shape index (κ3) is 3.86. The maximum atomic E-state index is 12.0. The van der Waals surface area contributed by atoms with E-state index in [4.69, 9.17) is 0 Å². The molecule has 25 heavy (non-hydrogen) atoms. The molecule has 1 unspecified atom stereocenters. The Balaban J connectivity index is 1.86. The van der Waals surface area contributed by atoms with Crippen LogP contribution in [0.2, 0.25) is 0 Å². The van der Waals surface area contributed by atoms with Crippen molar-refractivity contribution in [2.75, 3.05) is 0 Å². The average Bonchev–Trinajstić information content (AvgIpc) is 2.67. The first-order chi connectivity index (χ1) is 12.2. The lowest BCUT2D eigenvalue weighted by atomic mass is 9.51. The molecule has 1 nitrogen and oxygen atoms in total. The van der Waals surface area contributed by atoms with Gasteiger partial charge in [0, 0.05) is 12.0 Å². The van der Waals surface area contributed by atoms with Gasteiger partial charge >= 0.3 is 0 Å². The minimum absolute atomic E-state index is 0.267. The van der Waals surface area contributed by atoms with Gasteiger partial charge in [-0.3, -0.25) is 4.79 Å².